The second-order valence-corrected chi connectivity index (χ2v) is 6.04. The highest BCUT2D eigenvalue weighted by Gasteiger charge is 2.08. The predicted octanol–water partition coefficient (Wildman–Crippen LogP) is 2.95. The number of carbonyl (C=O) groups is 1. The number of hydrogen-bond acceptors (Lipinski definition) is 4. The van der Waals surface area contributed by atoms with Crippen LogP contribution in [0.3, 0.4) is 0 Å². The Bertz CT molecular complexity index is 821. The van der Waals surface area contributed by atoms with E-state index in [-0.39, 0.29) is 11.9 Å². The van der Waals surface area contributed by atoms with Gasteiger partial charge in [-0.1, -0.05) is 17.7 Å². The van der Waals surface area contributed by atoms with Gasteiger partial charge in [0.1, 0.15) is 11.5 Å². The topological polar surface area (TPSA) is 98.0 Å². The van der Waals surface area contributed by atoms with Crippen LogP contribution in [-0.2, 0) is 0 Å². The number of nitrogens with one attached hydrogen (secondary N) is 2. The normalized spacial score (nSPS) is 11.0. The molecule has 2 aromatic rings. The average molecular weight is 384 g/mol. The van der Waals surface area contributed by atoms with Gasteiger partial charge in [-0.25, -0.2) is 0 Å². The maximum absolute atomic E-state index is 12.1. The fraction of sp³-hybridized carbons (Fsp3) is 0.333. The summed E-state index contributed by atoms with van der Waals surface area (Å²) in [7, 11) is 0. The first-order valence-electron chi connectivity index (χ1n) is 9.35. The molecule has 0 spiro atoms. The average Bonchev–Trinajstić information content (AvgIpc) is 2.67. The molecule has 2 aromatic carbocycles. The maximum Gasteiger partial charge on any atom is 0.251 e. The number of hydrogen-bond donors (Lipinski definition) is 3. The van der Waals surface area contributed by atoms with Crippen LogP contribution in [0.5, 0.6) is 11.5 Å². The van der Waals surface area contributed by atoms with E-state index >= 15 is 0 Å². The van der Waals surface area contributed by atoms with Crippen LogP contribution in [0.1, 0.15) is 29.8 Å². The first-order valence-corrected chi connectivity index (χ1v) is 9.35. The van der Waals surface area contributed by atoms with Gasteiger partial charge in [-0.2, -0.15) is 0 Å². The molecule has 0 aliphatic rings. The van der Waals surface area contributed by atoms with Crippen molar-refractivity contribution < 1.29 is 14.3 Å². The summed E-state index contributed by atoms with van der Waals surface area (Å²) in [4.78, 5) is 16.4. The molecule has 4 N–H and O–H groups in total. The van der Waals surface area contributed by atoms with Crippen LogP contribution in [0.2, 0.25) is 0 Å². The molecular formula is C21H28N4O3. The minimum Gasteiger partial charge on any atom is -0.494 e. The van der Waals surface area contributed by atoms with Crippen molar-refractivity contribution in [3.05, 3.63) is 53.6 Å². The Morgan fingerprint density at radius 3 is 2.61 bits per heavy atom. The lowest BCUT2D eigenvalue weighted by molar-refractivity contribution is 0.0954. The predicted molar refractivity (Wildman–Crippen MR) is 112 cm³/mol. The molecule has 0 atom stereocenters. The zero-order valence-corrected chi connectivity index (χ0v) is 16.6. The molecule has 0 bridgehead atoms. The van der Waals surface area contributed by atoms with Crippen molar-refractivity contribution in [2.24, 2.45) is 10.7 Å². The number of anilines is 1. The van der Waals surface area contributed by atoms with E-state index in [4.69, 9.17) is 15.2 Å². The van der Waals surface area contributed by atoms with Crippen LogP contribution < -0.4 is 25.8 Å². The molecule has 0 fully saturated rings. The largest absolute Gasteiger partial charge is 0.494 e. The molecule has 7 heteroatoms. The Balaban J connectivity index is 1.91. The Labute approximate surface area is 165 Å². The van der Waals surface area contributed by atoms with Crippen LogP contribution in [0.25, 0.3) is 0 Å². The van der Waals surface area contributed by atoms with Crippen molar-refractivity contribution in [3.63, 3.8) is 0 Å². The lowest BCUT2D eigenvalue weighted by Gasteiger charge is -2.14. The SMILES string of the molecule is CCOc1ccc(OCC)c(NC(N)=NCCNC(=O)c2cccc(C)c2)c1. The summed E-state index contributed by atoms with van der Waals surface area (Å²) in [6.45, 7) is 7.61. The Kier molecular flexibility index (Phi) is 8.14. The standard InChI is InChI=1S/C21H28N4O3/c1-4-27-17-9-10-19(28-5-2)18(14-17)25-21(22)24-12-11-23-20(26)16-8-6-7-15(3)13-16/h6-10,13-14H,4-5,11-12H2,1-3H3,(H,23,26)(H3,22,24,25). The smallest absolute Gasteiger partial charge is 0.251 e. The monoisotopic (exact) mass is 384 g/mol. The molecule has 2 rings (SSSR count). The van der Waals surface area contributed by atoms with Gasteiger partial charge in [0.05, 0.1) is 25.4 Å². The van der Waals surface area contributed by atoms with Gasteiger partial charge in [0.2, 0.25) is 0 Å². The van der Waals surface area contributed by atoms with Gasteiger partial charge in [0.25, 0.3) is 5.91 Å². The van der Waals surface area contributed by atoms with Gasteiger partial charge in [-0.05, 0) is 45.0 Å². The molecule has 0 radical (unpaired) electrons. The molecule has 0 aliphatic heterocycles. The molecule has 7 nitrogen and oxygen atoms in total. The number of nitrogens with zero attached hydrogens (tertiary/aromatic N) is 1. The molecule has 0 aliphatic carbocycles. The van der Waals surface area contributed by atoms with E-state index in [0.29, 0.717) is 49.1 Å². The lowest BCUT2D eigenvalue weighted by Crippen LogP contribution is -2.28. The third-order valence-corrected chi connectivity index (χ3v) is 3.78. The number of rotatable bonds is 9. The third kappa shape index (κ3) is 6.50. The van der Waals surface area contributed by atoms with Crippen molar-refractivity contribution >= 4 is 17.6 Å². The molecule has 1 amide bonds. The fourth-order valence-electron chi connectivity index (χ4n) is 2.56. The number of benzene rings is 2. The number of ether oxygens (including phenoxy) is 2. The minimum absolute atomic E-state index is 0.131. The number of guanidine groups is 1. The van der Waals surface area contributed by atoms with Crippen LogP contribution in [-0.4, -0.2) is 38.2 Å². The first kappa shape index (κ1) is 21.1. The van der Waals surface area contributed by atoms with E-state index in [1.165, 1.54) is 0 Å². The molecule has 0 unspecified atom stereocenters. The van der Waals surface area contributed by atoms with Crippen LogP contribution in [0.4, 0.5) is 5.69 Å². The zero-order valence-electron chi connectivity index (χ0n) is 16.6. The highest BCUT2D eigenvalue weighted by atomic mass is 16.5. The van der Waals surface area contributed by atoms with E-state index < -0.39 is 0 Å². The second-order valence-electron chi connectivity index (χ2n) is 6.04. The summed E-state index contributed by atoms with van der Waals surface area (Å²) in [5.74, 6) is 1.48. The van der Waals surface area contributed by atoms with Crippen molar-refractivity contribution in [1.82, 2.24) is 5.32 Å². The first-order chi connectivity index (χ1) is 13.5. The Morgan fingerprint density at radius 2 is 1.89 bits per heavy atom. The third-order valence-electron chi connectivity index (χ3n) is 3.78. The van der Waals surface area contributed by atoms with Gasteiger partial charge < -0.3 is 25.8 Å². The minimum atomic E-state index is -0.131. The number of aryl methyl sites for hydroxylation is 1. The molecule has 0 saturated carbocycles. The number of nitrogens with two attached hydrogens (primary N) is 1. The van der Waals surface area contributed by atoms with Crippen molar-refractivity contribution in [1.29, 1.82) is 0 Å². The number of carbonyl (C=O) groups excluding carboxylic acids is 1. The van der Waals surface area contributed by atoms with E-state index in [1.807, 2.05) is 57.2 Å². The van der Waals surface area contributed by atoms with Crippen LogP contribution in [0.15, 0.2) is 47.5 Å². The van der Waals surface area contributed by atoms with E-state index in [2.05, 4.69) is 15.6 Å². The summed E-state index contributed by atoms with van der Waals surface area (Å²) in [6, 6.07) is 12.9. The van der Waals surface area contributed by atoms with Gasteiger partial charge in [0, 0.05) is 18.2 Å². The Hall–Kier alpha value is -3.22. The number of aliphatic imine (C=N–C) groups is 1. The highest BCUT2D eigenvalue weighted by Crippen LogP contribution is 2.29. The van der Waals surface area contributed by atoms with E-state index in [1.54, 1.807) is 6.07 Å². The van der Waals surface area contributed by atoms with Gasteiger partial charge >= 0.3 is 0 Å². The fourth-order valence-corrected chi connectivity index (χ4v) is 2.56. The summed E-state index contributed by atoms with van der Waals surface area (Å²) in [5, 5.41) is 5.86. The number of amides is 1. The van der Waals surface area contributed by atoms with Gasteiger partial charge in [0.15, 0.2) is 5.96 Å². The molecular weight excluding hydrogens is 356 g/mol. The van der Waals surface area contributed by atoms with Crippen molar-refractivity contribution in [2.75, 3.05) is 31.6 Å². The summed E-state index contributed by atoms with van der Waals surface area (Å²) >= 11 is 0. The lowest BCUT2D eigenvalue weighted by atomic mass is 10.1. The van der Waals surface area contributed by atoms with Crippen LogP contribution >= 0.6 is 0 Å². The molecule has 0 heterocycles. The summed E-state index contributed by atoms with van der Waals surface area (Å²) in [5.41, 5.74) is 8.32. The highest BCUT2D eigenvalue weighted by molar-refractivity contribution is 5.95. The summed E-state index contributed by atoms with van der Waals surface area (Å²) in [6.07, 6.45) is 0. The molecule has 0 aromatic heterocycles. The van der Waals surface area contributed by atoms with E-state index in [9.17, 15) is 4.79 Å². The van der Waals surface area contributed by atoms with Crippen LogP contribution in [0, 0.1) is 6.92 Å². The van der Waals surface area contributed by atoms with E-state index in [0.717, 1.165) is 5.56 Å². The zero-order chi connectivity index (χ0) is 20.4. The summed E-state index contributed by atoms with van der Waals surface area (Å²) < 4.78 is 11.1. The quantitative estimate of drug-likeness (QED) is 0.351. The molecule has 150 valence electrons. The maximum atomic E-state index is 12.1. The van der Waals surface area contributed by atoms with Crippen molar-refractivity contribution in [2.45, 2.75) is 20.8 Å². The van der Waals surface area contributed by atoms with Gasteiger partial charge in [-0.3, -0.25) is 9.79 Å². The second kappa shape index (κ2) is 10.8. The molecule has 28 heavy (non-hydrogen) atoms. The Morgan fingerprint density at radius 1 is 1.11 bits per heavy atom. The van der Waals surface area contributed by atoms with Gasteiger partial charge in [-0.15, -0.1) is 0 Å². The molecule has 0 saturated heterocycles. The van der Waals surface area contributed by atoms with Crippen molar-refractivity contribution in [3.8, 4) is 11.5 Å².